The second-order valence-corrected chi connectivity index (χ2v) is 4.50. The van der Waals surface area contributed by atoms with E-state index in [0.29, 0.717) is 29.5 Å². The molecular weight excluding hydrogens is 296 g/mol. The maximum Gasteiger partial charge on any atom is 0.321 e. The zero-order valence-electron chi connectivity index (χ0n) is 13.2. The molecule has 2 aromatic carbocycles. The van der Waals surface area contributed by atoms with Crippen LogP contribution < -0.4 is 24.8 Å². The summed E-state index contributed by atoms with van der Waals surface area (Å²) in [5, 5.41) is 5.34. The Morgan fingerprint density at radius 3 is 2.30 bits per heavy atom. The van der Waals surface area contributed by atoms with Crippen molar-refractivity contribution in [2.24, 2.45) is 0 Å². The normalized spacial score (nSPS) is 9.83. The van der Waals surface area contributed by atoms with Crippen molar-refractivity contribution in [2.45, 2.75) is 6.92 Å². The third-order valence-corrected chi connectivity index (χ3v) is 2.96. The van der Waals surface area contributed by atoms with E-state index >= 15 is 0 Å². The Morgan fingerprint density at radius 1 is 0.957 bits per heavy atom. The number of anilines is 1. The van der Waals surface area contributed by atoms with Crippen LogP contribution in [0, 0.1) is 0 Å². The number of benzene rings is 2. The van der Waals surface area contributed by atoms with E-state index in [1.807, 2.05) is 31.2 Å². The number of para-hydroxylation sites is 4. The number of amides is 2. The molecule has 23 heavy (non-hydrogen) atoms. The quantitative estimate of drug-likeness (QED) is 0.769. The highest BCUT2D eigenvalue weighted by molar-refractivity contribution is 5.90. The van der Waals surface area contributed by atoms with Crippen molar-refractivity contribution in [3.05, 3.63) is 48.5 Å². The van der Waals surface area contributed by atoms with Gasteiger partial charge in [0, 0.05) is 0 Å². The molecule has 2 rings (SSSR count). The largest absolute Gasteiger partial charge is 0.493 e. The Bertz CT molecular complexity index is 646. The standard InChI is InChI=1S/C17H20N2O4/c1-3-22-14-9-5-4-8-13(14)19-17(20)18-12-23-16-11-7-6-10-15(16)21-2/h4-11H,3,12H2,1-2H3,(H2,18,19,20). The second-order valence-electron chi connectivity index (χ2n) is 4.50. The molecular formula is C17H20N2O4. The van der Waals surface area contributed by atoms with Crippen LogP contribution in [0.5, 0.6) is 17.2 Å². The summed E-state index contributed by atoms with van der Waals surface area (Å²) in [5.74, 6) is 1.79. The number of carbonyl (C=O) groups is 1. The highest BCUT2D eigenvalue weighted by Gasteiger charge is 2.07. The minimum absolute atomic E-state index is 0.0169. The van der Waals surface area contributed by atoms with Crippen LogP contribution in [-0.4, -0.2) is 26.5 Å². The molecule has 0 aliphatic heterocycles. The molecule has 0 heterocycles. The fourth-order valence-corrected chi connectivity index (χ4v) is 1.94. The van der Waals surface area contributed by atoms with E-state index < -0.39 is 0 Å². The predicted octanol–water partition coefficient (Wildman–Crippen LogP) is 3.25. The summed E-state index contributed by atoms with van der Waals surface area (Å²) in [6, 6.07) is 14.1. The fraction of sp³-hybridized carbons (Fsp3) is 0.235. The molecule has 0 aliphatic carbocycles. The monoisotopic (exact) mass is 316 g/mol. The van der Waals surface area contributed by atoms with Crippen LogP contribution in [-0.2, 0) is 0 Å². The number of nitrogens with one attached hydrogen (secondary N) is 2. The fourth-order valence-electron chi connectivity index (χ4n) is 1.94. The van der Waals surface area contributed by atoms with Crippen LogP contribution in [0.4, 0.5) is 10.5 Å². The van der Waals surface area contributed by atoms with Gasteiger partial charge in [0.2, 0.25) is 0 Å². The second kappa shape index (κ2) is 8.53. The molecule has 0 unspecified atom stereocenters. The molecule has 0 saturated heterocycles. The smallest absolute Gasteiger partial charge is 0.321 e. The lowest BCUT2D eigenvalue weighted by Crippen LogP contribution is -2.32. The van der Waals surface area contributed by atoms with Gasteiger partial charge in [-0.15, -0.1) is 0 Å². The molecule has 6 heteroatoms. The first-order valence-corrected chi connectivity index (χ1v) is 7.27. The molecule has 0 bridgehead atoms. The van der Waals surface area contributed by atoms with Gasteiger partial charge in [0.1, 0.15) is 5.75 Å². The van der Waals surface area contributed by atoms with Crippen molar-refractivity contribution >= 4 is 11.7 Å². The van der Waals surface area contributed by atoms with E-state index in [0.717, 1.165) is 0 Å². The van der Waals surface area contributed by atoms with Gasteiger partial charge in [0.05, 0.1) is 19.4 Å². The predicted molar refractivity (Wildman–Crippen MR) is 88.3 cm³/mol. The summed E-state index contributed by atoms with van der Waals surface area (Å²) in [5.41, 5.74) is 0.601. The van der Waals surface area contributed by atoms with Crippen molar-refractivity contribution in [3.63, 3.8) is 0 Å². The van der Waals surface area contributed by atoms with E-state index in [9.17, 15) is 4.79 Å². The number of hydrogen-bond donors (Lipinski definition) is 2. The van der Waals surface area contributed by atoms with E-state index in [2.05, 4.69) is 10.6 Å². The van der Waals surface area contributed by atoms with E-state index in [-0.39, 0.29) is 12.8 Å². The third kappa shape index (κ3) is 4.81. The number of rotatable bonds is 7. The van der Waals surface area contributed by atoms with Crippen molar-refractivity contribution in [1.29, 1.82) is 0 Å². The SMILES string of the molecule is CCOc1ccccc1NC(=O)NCOc1ccccc1OC. The first kappa shape index (κ1) is 16.5. The van der Waals surface area contributed by atoms with Crippen LogP contribution >= 0.6 is 0 Å². The number of methoxy groups -OCH3 is 1. The number of ether oxygens (including phenoxy) is 3. The molecule has 0 fully saturated rings. The number of hydrogen-bond acceptors (Lipinski definition) is 4. The first-order valence-electron chi connectivity index (χ1n) is 7.27. The topological polar surface area (TPSA) is 68.8 Å². The Balaban J connectivity index is 1.86. The first-order chi connectivity index (χ1) is 11.2. The third-order valence-electron chi connectivity index (χ3n) is 2.96. The van der Waals surface area contributed by atoms with Gasteiger partial charge in [-0.3, -0.25) is 0 Å². The average molecular weight is 316 g/mol. The van der Waals surface area contributed by atoms with E-state index in [1.54, 1.807) is 31.4 Å². The van der Waals surface area contributed by atoms with Crippen molar-refractivity contribution in [1.82, 2.24) is 5.32 Å². The summed E-state index contributed by atoms with van der Waals surface area (Å²) < 4.78 is 16.1. The molecule has 0 aliphatic rings. The minimum atomic E-state index is -0.382. The van der Waals surface area contributed by atoms with Crippen LogP contribution in [0.2, 0.25) is 0 Å². The van der Waals surface area contributed by atoms with Crippen LogP contribution in [0.1, 0.15) is 6.92 Å². The van der Waals surface area contributed by atoms with Gasteiger partial charge in [-0.05, 0) is 31.2 Å². The summed E-state index contributed by atoms with van der Waals surface area (Å²) in [7, 11) is 1.56. The summed E-state index contributed by atoms with van der Waals surface area (Å²) in [4.78, 5) is 11.9. The van der Waals surface area contributed by atoms with Gasteiger partial charge in [0.25, 0.3) is 0 Å². The molecule has 0 aromatic heterocycles. The van der Waals surface area contributed by atoms with Gasteiger partial charge in [0.15, 0.2) is 18.2 Å². The van der Waals surface area contributed by atoms with Crippen LogP contribution in [0.15, 0.2) is 48.5 Å². The number of carbonyl (C=O) groups excluding carboxylic acids is 1. The van der Waals surface area contributed by atoms with E-state index in [1.165, 1.54) is 0 Å². The lowest BCUT2D eigenvalue weighted by atomic mass is 10.3. The Kier molecular flexibility index (Phi) is 6.11. The molecule has 0 spiro atoms. The van der Waals surface area contributed by atoms with Crippen molar-refractivity contribution < 1.29 is 19.0 Å². The summed E-state index contributed by atoms with van der Waals surface area (Å²) in [6.07, 6.45) is 0. The summed E-state index contributed by atoms with van der Waals surface area (Å²) >= 11 is 0. The molecule has 2 amide bonds. The van der Waals surface area contributed by atoms with Gasteiger partial charge in [-0.1, -0.05) is 24.3 Å². The molecule has 2 N–H and O–H groups in total. The van der Waals surface area contributed by atoms with Gasteiger partial charge >= 0.3 is 6.03 Å². The molecule has 122 valence electrons. The number of urea groups is 1. The summed E-state index contributed by atoms with van der Waals surface area (Å²) in [6.45, 7) is 2.43. The van der Waals surface area contributed by atoms with Crippen molar-refractivity contribution in [2.75, 3.05) is 25.8 Å². The van der Waals surface area contributed by atoms with E-state index in [4.69, 9.17) is 14.2 Å². The zero-order chi connectivity index (χ0) is 16.5. The van der Waals surface area contributed by atoms with Gasteiger partial charge in [-0.2, -0.15) is 0 Å². The van der Waals surface area contributed by atoms with Gasteiger partial charge in [-0.25, -0.2) is 4.79 Å². The average Bonchev–Trinajstić information content (AvgIpc) is 2.57. The molecule has 2 aromatic rings. The Hall–Kier alpha value is -2.89. The minimum Gasteiger partial charge on any atom is -0.493 e. The lowest BCUT2D eigenvalue weighted by molar-refractivity contribution is 0.231. The van der Waals surface area contributed by atoms with Crippen LogP contribution in [0.25, 0.3) is 0 Å². The van der Waals surface area contributed by atoms with Gasteiger partial charge < -0.3 is 24.8 Å². The lowest BCUT2D eigenvalue weighted by Gasteiger charge is -2.13. The molecule has 6 nitrogen and oxygen atoms in total. The molecule has 0 atom stereocenters. The van der Waals surface area contributed by atoms with Crippen molar-refractivity contribution in [3.8, 4) is 17.2 Å². The zero-order valence-corrected chi connectivity index (χ0v) is 13.2. The van der Waals surface area contributed by atoms with Crippen LogP contribution in [0.3, 0.4) is 0 Å². The highest BCUT2D eigenvalue weighted by atomic mass is 16.5. The maximum absolute atomic E-state index is 11.9. The Labute approximate surface area is 135 Å². The highest BCUT2D eigenvalue weighted by Crippen LogP contribution is 2.25. The maximum atomic E-state index is 11.9. The molecule has 0 saturated carbocycles. The molecule has 0 radical (unpaired) electrons. The Morgan fingerprint density at radius 2 is 1.61 bits per heavy atom.